The lowest BCUT2D eigenvalue weighted by molar-refractivity contribution is 0.191. The van der Waals surface area contributed by atoms with Gasteiger partial charge in [0.1, 0.15) is 11.9 Å². The van der Waals surface area contributed by atoms with Crippen LogP contribution < -0.4 is 15.5 Å². The largest absolute Gasteiger partial charge is 0.497 e. The van der Waals surface area contributed by atoms with Crippen molar-refractivity contribution in [2.45, 2.75) is 26.6 Å². The van der Waals surface area contributed by atoms with Gasteiger partial charge >= 0.3 is 6.03 Å². The zero-order valence-electron chi connectivity index (χ0n) is 10.9. The Kier molecular flexibility index (Phi) is 3.72. The lowest BCUT2D eigenvalue weighted by atomic mass is 10.2. The van der Waals surface area contributed by atoms with E-state index in [1.54, 1.807) is 12.1 Å². The number of carbonyl (C=O) groups is 1. The van der Waals surface area contributed by atoms with Gasteiger partial charge in [0, 0.05) is 0 Å². The van der Waals surface area contributed by atoms with Crippen LogP contribution in [-0.4, -0.2) is 24.3 Å². The number of nitrogens with zero attached hydrogens (tertiary/aromatic N) is 1. The number of ether oxygens (including phenoxy) is 1. The molecule has 0 saturated carbocycles. The number of hydrazine groups is 1. The highest BCUT2D eigenvalue weighted by Gasteiger charge is 2.29. The monoisotopic (exact) mass is 249 g/mol. The number of methoxy groups -OCH3 is 1. The molecule has 98 valence electrons. The second kappa shape index (κ2) is 5.27. The number of rotatable bonds is 4. The van der Waals surface area contributed by atoms with E-state index < -0.39 is 0 Å². The van der Waals surface area contributed by atoms with Crippen molar-refractivity contribution in [3.05, 3.63) is 29.8 Å². The highest BCUT2D eigenvalue weighted by molar-refractivity contribution is 5.75. The highest BCUT2D eigenvalue weighted by atomic mass is 16.5. The Morgan fingerprint density at radius 3 is 2.50 bits per heavy atom. The highest BCUT2D eigenvalue weighted by Crippen LogP contribution is 2.14. The van der Waals surface area contributed by atoms with Crippen LogP contribution in [0.15, 0.2) is 24.3 Å². The number of amides is 2. The Hall–Kier alpha value is -1.75. The Morgan fingerprint density at radius 2 is 2.00 bits per heavy atom. The van der Waals surface area contributed by atoms with Crippen LogP contribution in [0.1, 0.15) is 19.4 Å². The van der Waals surface area contributed by atoms with Crippen LogP contribution in [0.3, 0.4) is 0 Å². The molecule has 1 aliphatic heterocycles. The van der Waals surface area contributed by atoms with E-state index in [0.29, 0.717) is 12.5 Å². The van der Waals surface area contributed by atoms with E-state index in [4.69, 9.17) is 4.74 Å². The van der Waals surface area contributed by atoms with Crippen molar-refractivity contribution in [3.8, 4) is 5.75 Å². The molecular formula is C13H19N3O2. The molecule has 1 fully saturated rings. The van der Waals surface area contributed by atoms with Crippen molar-refractivity contribution in [2.75, 3.05) is 7.11 Å². The minimum Gasteiger partial charge on any atom is -0.497 e. The van der Waals surface area contributed by atoms with Gasteiger partial charge < -0.3 is 10.1 Å². The van der Waals surface area contributed by atoms with Crippen LogP contribution in [-0.2, 0) is 6.54 Å². The summed E-state index contributed by atoms with van der Waals surface area (Å²) in [5, 5.41) is 4.50. The van der Waals surface area contributed by atoms with Crippen molar-refractivity contribution < 1.29 is 9.53 Å². The van der Waals surface area contributed by atoms with Crippen molar-refractivity contribution in [2.24, 2.45) is 5.92 Å². The second-order valence-electron chi connectivity index (χ2n) is 4.73. The summed E-state index contributed by atoms with van der Waals surface area (Å²) in [6, 6.07) is 7.61. The summed E-state index contributed by atoms with van der Waals surface area (Å²) in [5.74, 6) is 1.17. The van der Waals surface area contributed by atoms with Crippen molar-refractivity contribution >= 4 is 6.03 Å². The van der Waals surface area contributed by atoms with Gasteiger partial charge in [-0.3, -0.25) is 5.01 Å². The molecule has 0 aromatic heterocycles. The molecule has 18 heavy (non-hydrogen) atoms. The molecule has 1 unspecified atom stereocenters. The zero-order chi connectivity index (χ0) is 13.1. The smallest absolute Gasteiger partial charge is 0.333 e. The van der Waals surface area contributed by atoms with Gasteiger partial charge in [0.05, 0.1) is 13.7 Å². The molecule has 0 radical (unpaired) electrons. The summed E-state index contributed by atoms with van der Waals surface area (Å²) in [6.45, 7) is 4.67. The molecule has 5 heteroatoms. The molecule has 0 bridgehead atoms. The molecule has 5 nitrogen and oxygen atoms in total. The van der Waals surface area contributed by atoms with Crippen LogP contribution in [0.5, 0.6) is 5.75 Å². The summed E-state index contributed by atoms with van der Waals surface area (Å²) in [4.78, 5) is 11.7. The maximum atomic E-state index is 11.7. The van der Waals surface area contributed by atoms with E-state index in [2.05, 4.69) is 24.6 Å². The number of nitrogens with one attached hydrogen (secondary N) is 2. The molecule has 2 amide bonds. The van der Waals surface area contributed by atoms with Gasteiger partial charge in [0.25, 0.3) is 0 Å². The first-order chi connectivity index (χ1) is 8.60. The maximum absolute atomic E-state index is 11.7. The summed E-state index contributed by atoms with van der Waals surface area (Å²) < 4.78 is 5.10. The third-order valence-corrected chi connectivity index (χ3v) is 2.99. The van der Waals surface area contributed by atoms with Crippen molar-refractivity contribution in [1.82, 2.24) is 15.8 Å². The molecular weight excluding hydrogens is 230 g/mol. The fraction of sp³-hybridized carbons (Fsp3) is 0.462. The molecule has 1 aliphatic rings. The number of benzene rings is 1. The normalized spacial score (nSPS) is 19.2. The van der Waals surface area contributed by atoms with Gasteiger partial charge in [-0.2, -0.15) is 0 Å². The van der Waals surface area contributed by atoms with Crippen LogP contribution in [0.2, 0.25) is 0 Å². The Bertz CT molecular complexity index is 417. The minimum atomic E-state index is -0.0791. The molecule has 1 atom stereocenters. The molecule has 0 aliphatic carbocycles. The van der Waals surface area contributed by atoms with Gasteiger partial charge in [-0.05, 0) is 23.6 Å². The van der Waals surface area contributed by atoms with E-state index in [-0.39, 0.29) is 12.2 Å². The average Bonchev–Trinajstić information content (AvgIpc) is 2.72. The van der Waals surface area contributed by atoms with Gasteiger partial charge in [0.15, 0.2) is 0 Å². The lowest BCUT2D eigenvalue weighted by Gasteiger charge is -2.18. The van der Waals surface area contributed by atoms with Crippen LogP contribution in [0, 0.1) is 5.92 Å². The van der Waals surface area contributed by atoms with Crippen LogP contribution >= 0.6 is 0 Å². The maximum Gasteiger partial charge on any atom is 0.333 e. The quantitative estimate of drug-likeness (QED) is 0.854. The van der Waals surface area contributed by atoms with Gasteiger partial charge in [-0.25, -0.2) is 10.2 Å². The third kappa shape index (κ3) is 2.73. The number of hydrogen-bond donors (Lipinski definition) is 2. The fourth-order valence-electron chi connectivity index (χ4n) is 1.82. The van der Waals surface area contributed by atoms with E-state index in [0.717, 1.165) is 11.3 Å². The minimum absolute atomic E-state index is 0.00995. The van der Waals surface area contributed by atoms with E-state index in [1.165, 1.54) is 0 Å². The first-order valence-corrected chi connectivity index (χ1v) is 6.07. The van der Waals surface area contributed by atoms with E-state index >= 15 is 0 Å². The second-order valence-corrected chi connectivity index (χ2v) is 4.73. The fourth-order valence-corrected chi connectivity index (χ4v) is 1.82. The van der Waals surface area contributed by atoms with Crippen LogP contribution in [0.25, 0.3) is 0 Å². The Morgan fingerprint density at radius 1 is 1.33 bits per heavy atom. The summed E-state index contributed by atoms with van der Waals surface area (Å²) in [5.41, 5.74) is 4.22. The van der Waals surface area contributed by atoms with Gasteiger partial charge in [-0.1, -0.05) is 26.0 Å². The number of urea groups is 1. The predicted octanol–water partition coefficient (Wildman–Crippen LogP) is 1.71. The SMILES string of the molecule is COc1ccc(CN2NC(C(C)C)NC2=O)cc1. The lowest BCUT2D eigenvalue weighted by Crippen LogP contribution is -2.39. The standard InChI is InChI=1S/C13H19N3O2/c1-9(2)12-14-13(17)16(15-12)8-10-4-6-11(18-3)7-5-10/h4-7,9,12,15H,8H2,1-3H3,(H,14,17). The molecule has 0 spiro atoms. The first kappa shape index (κ1) is 12.7. The topological polar surface area (TPSA) is 53.6 Å². The first-order valence-electron chi connectivity index (χ1n) is 6.07. The van der Waals surface area contributed by atoms with Gasteiger partial charge in [-0.15, -0.1) is 0 Å². The summed E-state index contributed by atoms with van der Waals surface area (Å²) in [7, 11) is 1.64. The Balaban J connectivity index is 1.98. The third-order valence-electron chi connectivity index (χ3n) is 2.99. The molecule has 2 N–H and O–H groups in total. The molecule has 1 aromatic carbocycles. The van der Waals surface area contributed by atoms with Crippen LogP contribution in [0.4, 0.5) is 4.79 Å². The molecule has 1 heterocycles. The van der Waals surface area contributed by atoms with Gasteiger partial charge in [0.2, 0.25) is 0 Å². The number of carbonyl (C=O) groups excluding carboxylic acids is 1. The van der Waals surface area contributed by atoms with Crippen molar-refractivity contribution in [3.63, 3.8) is 0 Å². The number of hydrogen-bond acceptors (Lipinski definition) is 3. The van der Waals surface area contributed by atoms with E-state index in [1.807, 2.05) is 24.3 Å². The molecule has 1 saturated heterocycles. The summed E-state index contributed by atoms with van der Waals surface area (Å²) in [6.07, 6.45) is 0.00995. The average molecular weight is 249 g/mol. The predicted molar refractivity (Wildman–Crippen MR) is 68.8 cm³/mol. The van der Waals surface area contributed by atoms with Crippen molar-refractivity contribution in [1.29, 1.82) is 0 Å². The summed E-state index contributed by atoms with van der Waals surface area (Å²) >= 11 is 0. The van der Waals surface area contributed by atoms with E-state index in [9.17, 15) is 4.79 Å². The molecule has 2 rings (SSSR count). The molecule has 1 aromatic rings. The zero-order valence-corrected chi connectivity index (χ0v) is 10.9. The Labute approximate surface area is 107 Å².